The molecule has 0 aromatic heterocycles. The summed E-state index contributed by atoms with van der Waals surface area (Å²) in [5, 5.41) is 2.38. The zero-order chi connectivity index (χ0) is 18.6. The second-order valence-electron chi connectivity index (χ2n) is 11.4. The van der Waals surface area contributed by atoms with E-state index in [1.807, 2.05) is 0 Å². The highest BCUT2D eigenvalue weighted by atomic mass is 16.5. The molecule has 3 aliphatic heterocycles. The van der Waals surface area contributed by atoms with E-state index in [0.717, 1.165) is 29.6 Å². The molecule has 6 aliphatic rings. The van der Waals surface area contributed by atoms with Crippen molar-refractivity contribution in [3.63, 3.8) is 0 Å². The van der Waals surface area contributed by atoms with Gasteiger partial charge in [-0.15, -0.1) is 0 Å². The minimum atomic E-state index is 0.132. The van der Waals surface area contributed by atoms with Gasteiger partial charge in [-0.2, -0.15) is 0 Å². The molecule has 3 saturated heterocycles. The second kappa shape index (κ2) is 6.97. The Morgan fingerprint density at radius 1 is 1.07 bits per heavy atom. The molecule has 4 bridgehead atoms. The number of hydrogen-bond acceptors (Lipinski definition) is 2. The van der Waals surface area contributed by atoms with Gasteiger partial charge in [0.2, 0.25) is 0 Å². The number of ether oxygens (including phenoxy) is 1. The van der Waals surface area contributed by atoms with Crippen LogP contribution in [0.1, 0.15) is 84.0 Å². The number of nitrogens with two attached hydrogens (primary N) is 2. The van der Waals surface area contributed by atoms with Crippen molar-refractivity contribution >= 4 is 0 Å². The van der Waals surface area contributed by atoms with Crippen LogP contribution in [0.3, 0.4) is 0 Å². The summed E-state index contributed by atoms with van der Waals surface area (Å²) in [7, 11) is 0. The monoisotopic (exact) mass is 377 g/mol. The van der Waals surface area contributed by atoms with Crippen LogP contribution in [-0.2, 0) is 4.74 Å². The Morgan fingerprint density at radius 3 is 2.74 bits per heavy atom. The standard InChI is InChI=1S/C23H41N3O/c1-22-9-3-5-17-12-23(27-22,13-19(24)21(17)22)18-6-2-4-15(11-18)10-16-7-8-20(25)26-14-16/h15-21,26H,2-14,24-25H2,1H3/p+2/t15-,16?,17-,18+,19-,20?,21+,22+,23-/m0/s1. The number of piperidine rings is 1. The molecule has 7 N–H and O–H groups in total. The van der Waals surface area contributed by atoms with Gasteiger partial charge in [-0.1, -0.05) is 19.3 Å². The quantitative estimate of drug-likeness (QED) is 0.701. The molecule has 27 heavy (non-hydrogen) atoms. The lowest BCUT2D eigenvalue weighted by atomic mass is 9.51. The fourth-order valence-corrected chi connectivity index (χ4v) is 8.55. The van der Waals surface area contributed by atoms with E-state index in [1.54, 1.807) is 0 Å². The number of quaternary nitrogens is 2. The maximum Gasteiger partial charge on any atom is 0.137 e. The summed E-state index contributed by atoms with van der Waals surface area (Å²) in [5.74, 6) is 4.23. The highest BCUT2D eigenvalue weighted by Crippen LogP contribution is 2.61. The fraction of sp³-hybridized carbons (Fsp3) is 1.00. The Bertz CT molecular complexity index is 548. The van der Waals surface area contributed by atoms with Gasteiger partial charge in [0.05, 0.1) is 23.8 Å². The molecule has 3 heterocycles. The highest BCUT2D eigenvalue weighted by Gasteiger charge is 2.65. The number of fused-ring (bicyclic) bond motifs is 1. The van der Waals surface area contributed by atoms with Crippen molar-refractivity contribution in [3.8, 4) is 0 Å². The molecule has 154 valence electrons. The molecule has 3 saturated carbocycles. The average molecular weight is 378 g/mol. The Morgan fingerprint density at radius 2 is 1.96 bits per heavy atom. The average Bonchev–Trinajstić information content (AvgIpc) is 2.63. The van der Waals surface area contributed by atoms with Gasteiger partial charge < -0.3 is 15.8 Å². The van der Waals surface area contributed by atoms with Crippen molar-refractivity contribution in [1.82, 2.24) is 0 Å². The third kappa shape index (κ3) is 3.29. The normalized spacial score (nSPS) is 55.4. The van der Waals surface area contributed by atoms with Crippen LogP contribution in [-0.4, -0.2) is 30.0 Å². The highest BCUT2D eigenvalue weighted by molar-refractivity contribution is 5.13. The predicted molar refractivity (Wildman–Crippen MR) is 107 cm³/mol. The van der Waals surface area contributed by atoms with Crippen LogP contribution in [0.25, 0.3) is 0 Å². The van der Waals surface area contributed by atoms with Crippen molar-refractivity contribution < 1.29 is 15.8 Å². The Kier molecular flexibility index (Phi) is 4.86. The molecule has 0 spiro atoms. The molecule has 4 nitrogen and oxygen atoms in total. The molecule has 3 aliphatic carbocycles. The van der Waals surface area contributed by atoms with Crippen LogP contribution < -0.4 is 16.8 Å². The summed E-state index contributed by atoms with van der Waals surface area (Å²) >= 11 is 0. The predicted octanol–water partition coefficient (Wildman–Crippen LogP) is 1.79. The van der Waals surface area contributed by atoms with E-state index in [-0.39, 0.29) is 11.2 Å². The smallest absolute Gasteiger partial charge is 0.137 e. The minimum absolute atomic E-state index is 0.132. The van der Waals surface area contributed by atoms with E-state index >= 15 is 0 Å². The van der Waals surface area contributed by atoms with Crippen LogP contribution in [0, 0.1) is 29.6 Å². The second-order valence-corrected chi connectivity index (χ2v) is 11.4. The van der Waals surface area contributed by atoms with Crippen molar-refractivity contribution in [1.29, 1.82) is 0 Å². The minimum Gasteiger partial charge on any atom is -0.368 e. The summed E-state index contributed by atoms with van der Waals surface area (Å²) in [6.45, 7) is 3.70. The first-order valence-electron chi connectivity index (χ1n) is 12.1. The Labute approximate surface area is 165 Å². The third-order valence-corrected chi connectivity index (χ3v) is 9.49. The molecule has 4 heteroatoms. The van der Waals surface area contributed by atoms with E-state index in [2.05, 4.69) is 18.0 Å². The summed E-state index contributed by atoms with van der Waals surface area (Å²) < 4.78 is 7.13. The van der Waals surface area contributed by atoms with Gasteiger partial charge in [-0.25, -0.2) is 0 Å². The van der Waals surface area contributed by atoms with Crippen molar-refractivity contribution in [2.24, 2.45) is 35.3 Å². The van der Waals surface area contributed by atoms with Gasteiger partial charge in [-0.3, -0.25) is 5.73 Å². The van der Waals surface area contributed by atoms with E-state index in [9.17, 15) is 0 Å². The SMILES string of the molecule is C[C@@]12CCC[C@H]3C[C@@]([C@@H]4CCC[C@@H](CC5CCC(N)[NH2+]C5)C4)(C[C@H]([NH3+])[C@@H]31)O2. The summed E-state index contributed by atoms with van der Waals surface area (Å²) in [4.78, 5) is 0. The van der Waals surface area contributed by atoms with Crippen LogP contribution >= 0.6 is 0 Å². The lowest BCUT2D eigenvalue weighted by molar-refractivity contribution is -0.703. The first-order chi connectivity index (χ1) is 13.0. The van der Waals surface area contributed by atoms with Gasteiger partial charge in [0, 0.05) is 24.7 Å². The molecule has 9 atom stereocenters. The summed E-state index contributed by atoms with van der Waals surface area (Å²) in [6.07, 6.45) is 16.7. The van der Waals surface area contributed by atoms with Gasteiger partial charge in [0.15, 0.2) is 0 Å². The maximum absolute atomic E-state index is 7.13. The molecule has 6 rings (SSSR count). The molecular formula is C23H43N3O+2. The van der Waals surface area contributed by atoms with Gasteiger partial charge in [-0.05, 0) is 69.6 Å². The van der Waals surface area contributed by atoms with E-state index in [1.165, 1.54) is 83.6 Å². The summed E-state index contributed by atoms with van der Waals surface area (Å²) in [5.41, 5.74) is 11.1. The molecule has 0 amide bonds. The number of rotatable bonds is 3. The van der Waals surface area contributed by atoms with Crippen LogP contribution in [0.4, 0.5) is 0 Å². The lowest BCUT2D eigenvalue weighted by Crippen LogP contribution is -2.95. The number of hydrogen-bond donors (Lipinski definition) is 3. The molecule has 0 aromatic carbocycles. The van der Waals surface area contributed by atoms with Crippen LogP contribution in [0.2, 0.25) is 0 Å². The Hall–Kier alpha value is -0.160. The topological polar surface area (TPSA) is 79.5 Å². The Balaban J connectivity index is 1.29. The van der Waals surface area contributed by atoms with Gasteiger partial charge in [0.1, 0.15) is 6.17 Å². The zero-order valence-corrected chi connectivity index (χ0v) is 17.5. The van der Waals surface area contributed by atoms with Gasteiger partial charge >= 0.3 is 0 Å². The fourth-order valence-electron chi connectivity index (χ4n) is 8.55. The van der Waals surface area contributed by atoms with Crippen LogP contribution in [0.15, 0.2) is 0 Å². The largest absolute Gasteiger partial charge is 0.368 e. The molecular weight excluding hydrogens is 334 g/mol. The lowest BCUT2D eigenvalue weighted by Gasteiger charge is -2.65. The first kappa shape index (κ1) is 18.8. The van der Waals surface area contributed by atoms with Crippen molar-refractivity contribution in [3.05, 3.63) is 0 Å². The first-order valence-corrected chi connectivity index (χ1v) is 12.1. The van der Waals surface area contributed by atoms with Gasteiger partial charge in [0.25, 0.3) is 0 Å². The third-order valence-electron chi connectivity index (χ3n) is 9.49. The molecule has 0 aromatic rings. The maximum atomic E-state index is 7.13. The summed E-state index contributed by atoms with van der Waals surface area (Å²) in [6, 6.07) is 0.623. The molecule has 2 unspecified atom stereocenters. The molecule has 6 fully saturated rings. The van der Waals surface area contributed by atoms with E-state index in [0.29, 0.717) is 12.2 Å². The zero-order valence-electron chi connectivity index (χ0n) is 17.5. The van der Waals surface area contributed by atoms with Crippen molar-refractivity contribution in [2.45, 2.75) is 107 Å². The van der Waals surface area contributed by atoms with Crippen molar-refractivity contribution in [2.75, 3.05) is 6.54 Å². The van der Waals surface area contributed by atoms with E-state index in [4.69, 9.17) is 10.5 Å². The molecule has 0 radical (unpaired) electrons. The van der Waals surface area contributed by atoms with E-state index < -0.39 is 0 Å². The van der Waals surface area contributed by atoms with Crippen LogP contribution in [0.5, 0.6) is 0 Å².